The van der Waals surface area contributed by atoms with Gasteiger partial charge in [0.05, 0.1) is 26.2 Å². The van der Waals surface area contributed by atoms with Crippen LogP contribution in [0, 0.1) is 0 Å². The summed E-state index contributed by atoms with van der Waals surface area (Å²) in [4.78, 5) is 25.6. The van der Waals surface area contributed by atoms with Crippen LogP contribution in [-0.2, 0) is 38.0 Å². The predicted octanol–water partition coefficient (Wildman–Crippen LogP) is 5.31. The van der Waals surface area contributed by atoms with Crippen LogP contribution in [0.1, 0.15) is 136 Å². The quantitative estimate of drug-likeness (QED) is 0.0246. The Kier molecular flexibility index (Phi) is 31.7. The molecule has 2 fully saturated rings. The van der Waals surface area contributed by atoms with Crippen LogP contribution in [0.25, 0.3) is 0 Å². The number of hydrogen-bond acceptors (Lipinski definition) is 15. The first-order valence-corrected chi connectivity index (χ1v) is 23.4. The summed E-state index contributed by atoms with van der Waals surface area (Å²) in [6, 6.07) is 0. The number of carbonyl (C=O) groups is 2. The van der Waals surface area contributed by atoms with Gasteiger partial charge in [-0.15, -0.1) is 0 Å². The van der Waals surface area contributed by atoms with Crippen LogP contribution < -0.4 is 0 Å². The normalized spacial score (nSPS) is 27.4. The first kappa shape index (κ1) is 56.3. The maximum atomic E-state index is 12.9. The van der Waals surface area contributed by atoms with Crippen molar-refractivity contribution in [1.82, 2.24) is 0 Å². The van der Waals surface area contributed by atoms with E-state index < -0.39 is 99.3 Å². The molecule has 0 spiro atoms. The van der Waals surface area contributed by atoms with Crippen LogP contribution >= 0.6 is 0 Å². The number of rotatable bonds is 34. The smallest absolute Gasteiger partial charge is 0.310 e. The highest BCUT2D eigenvalue weighted by molar-refractivity contribution is 5.71. The fourth-order valence-corrected chi connectivity index (χ4v) is 6.94. The molecule has 11 unspecified atom stereocenters. The van der Waals surface area contributed by atoms with E-state index in [1.165, 1.54) is 51.4 Å². The summed E-state index contributed by atoms with van der Waals surface area (Å²) in [5.74, 6) is -1.08. The zero-order valence-electron chi connectivity index (χ0n) is 37.8. The summed E-state index contributed by atoms with van der Waals surface area (Å²) < 4.78 is 33.3. The highest BCUT2D eigenvalue weighted by Gasteiger charge is 2.47. The monoisotopic (exact) mass is 897 g/mol. The number of hydrogen-bond donors (Lipinski definition) is 7. The SMILES string of the molecule is CC/C=C\C/C=C\C/C=C\C/C=C\C/C=C\CC(=O)OC(COC(=O)CCCCCCCCCCCCCC)COC1OC(COC2OC(CO)C(O)C(O)C2O)C(O)C(O)C1O. The fourth-order valence-electron chi connectivity index (χ4n) is 6.94. The molecule has 0 amide bonds. The van der Waals surface area contributed by atoms with Crippen LogP contribution in [0.15, 0.2) is 60.8 Å². The van der Waals surface area contributed by atoms with E-state index in [0.717, 1.165) is 44.9 Å². The highest BCUT2D eigenvalue weighted by Crippen LogP contribution is 2.26. The molecule has 15 heteroatoms. The van der Waals surface area contributed by atoms with Crippen molar-refractivity contribution in [1.29, 1.82) is 0 Å². The molecule has 0 aliphatic carbocycles. The molecule has 63 heavy (non-hydrogen) atoms. The molecular formula is C48H80O15. The van der Waals surface area contributed by atoms with Crippen LogP contribution in [0.2, 0.25) is 0 Å². The zero-order chi connectivity index (χ0) is 46.1. The largest absolute Gasteiger partial charge is 0.462 e. The van der Waals surface area contributed by atoms with Gasteiger partial charge in [0.15, 0.2) is 18.7 Å². The standard InChI is InChI=1S/C48H80O15/c1-3-5-7-9-11-13-15-17-18-19-21-23-25-27-29-31-40(51)61-36(33-58-39(50)30-28-26-24-22-20-16-14-12-10-8-6-4-2)34-59-47-46(57)44(55)42(53)38(63-47)35-60-48-45(56)43(54)41(52)37(32-49)62-48/h5,7,11,13,17-18,21,23,27,29,36-38,41-49,52-57H,3-4,6,8-10,12,14-16,19-20,22,24-26,28,30-35H2,1-2H3/b7-5-,13-11-,18-17-,23-21-,29-27-. The maximum Gasteiger partial charge on any atom is 0.310 e. The van der Waals surface area contributed by atoms with E-state index in [1.807, 2.05) is 18.2 Å². The average molecular weight is 897 g/mol. The minimum atomic E-state index is -1.78. The van der Waals surface area contributed by atoms with Crippen molar-refractivity contribution in [3.8, 4) is 0 Å². The topological polar surface area (TPSA) is 231 Å². The van der Waals surface area contributed by atoms with Crippen molar-refractivity contribution in [3.05, 3.63) is 60.8 Å². The highest BCUT2D eigenvalue weighted by atomic mass is 16.7. The van der Waals surface area contributed by atoms with Gasteiger partial charge in [0.1, 0.15) is 55.4 Å². The van der Waals surface area contributed by atoms with Crippen molar-refractivity contribution < 1.29 is 73.8 Å². The van der Waals surface area contributed by atoms with Crippen molar-refractivity contribution in [2.45, 2.75) is 203 Å². The zero-order valence-corrected chi connectivity index (χ0v) is 37.8. The molecule has 2 heterocycles. The third-order valence-corrected chi connectivity index (χ3v) is 10.8. The Labute approximate surface area is 375 Å². The van der Waals surface area contributed by atoms with Gasteiger partial charge in [-0.3, -0.25) is 9.59 Å². The predicted molar refractivity (Wildman–Crippen MR) is 238 cm³/mol. The third kappa shape index (κ3) is 24.3. The van der Waals surface area contributed by atoms with Gasteiger partial charge in [0, 0.05) is 6.42 Å². The summed E-state index contributed by atoms with van der Waals surface area (Å²) in [6.07, 6.45) is 21.5. The van der Waals surface area contributed by atoms with E-state index in [2.05, 4.69) is 50.3 Å². The molecule has 2 saturated heterocycles. The molecule has 7 N–H and O–H groups in total. The maximum absolute atomic E-state index is 12.9. The van der Waals surface area contributed by atoms with E-state index in [9.17, 15) is 45.3 Å². The number of carbonyl (C=O) groups excluding carboxylic acids is 2. The van der Waals surface area contributed by atoms with Crippen LogP contribution in [-0.4, -0.2) is 142 Å². The molecule has 0 aromatic heterocycles. The van der Waals surface area contributed by atoms with Crippen molar-refractivity contribution in [2.75, 3.05) is 26.4 Å². The summed E-state index contributed by atoms with van der Waals surface area (Å²) >= 11 is 0. The molecule has 0 radical (unpaired) electrons. The average Bonchev–Trinajstić information content (AvgIpc) is 3.28. The van der Waals surface area contributed by atoms with Gasteiger partial charge in [-0.05, 0) is 38.5 Å². The van der Waals surface area contributed by atoms with Gasteiger partial charge >= 0.3 is 11.9 Å². The number of aliphatic hydroxyl groups excluding tert-OH is 7. The first-order chi connectivity index (χ1) is 30.5. The molecular weight excluding hydrogens is 817 g/mol. The number of esters is 2. The van der Waals surface area contributed by atoms with Gasteiger partial charge in [-0.25, -0.2) is 0 Å². The van der Waals surface area contributed by atoms with Crippen LogP contribution in [0.5, 0.6) is 0 Å². The lowest BCUT2D eigenvalue weighted by molar-refractivity contribution is -0.332. The second-order valence-electron chi connectivity index (χ2n) is 16.2. The second-order valence-corrected chi connectivity index (χ2v) is 16.2. The number of ether oxygens (including phenoxy) is 6. The second kappa shape index (κ2) is 35.5. The summed E-state index contributed by atoms with van der Waals surface area (Å²) in [5, 5.41) is 71.9. The lowest BCUT2D eigenvalue weighted by Crippen LogP contribution is -2.61. The molecule has 0 bridgehead atoms. The van der Waals surface area contributed by atoms with Gasteiger partial charge in [-0.2, -0.15) is 0 Å². The van der Waals surface area contributed by atoms with E-state index in [-0.39, 0.29) is 19.4 Å². The molecule has 15 nitrogen and oxygen atoms in total. The fraction of sp³-hybridized carbons (Fsp3) is 0.750. The summed E-state index contributed by atoms with van der Waals surface area (Å²) in [7, 11) is 0. The van der Waals surface area contributed by atoms with Crippen molar-refractivity contribution in [3.63, 3.8) is 0 Å². The first-order valence-electron chi connectivity index (χ1n) is 23.4. The van der Waals surface area contributed by atoms with Crippen molar-refractivity contribution in [2.24, 2.45) is 0 Å². The van der Waals surface area contributed by atoms with Crippen molar-refractivity contribution >= 4 is 11.9 Å². The molecule has 2 rings (SSSR count). The van der Waals surface area contributed by atoms with E-state index >= 15 is 0 Å². The van der Waals surface area contributed by atoms with E-state index in [1.54, 1.807) is 6.08 Å². The van der Waals surface area contributed by atoms with Gasteiger partial charge < -0.3 is 64.2 Å². The Morgan fingerprint density at radius 2 is 0.984 bits per heavy atom. The Morgan fingerprint density at radius 1 is 0.524 bits per heavy atom. The lowest BCUT2D eigenvalue weighted by Gasteiger charge is -2.42. The summed E-state index contributed by atoms with van der Waals surface area (Å²) in [5.41, 5.74) is 0. The Bertz CT molecular complexity index is 1330. The summed E-state index contributed by atoms with van der Waals surface area (Å²) in [6.45, 7) is 2.34. The molecule has 0 aromatic carbocycles. The minimum Gasteiger partial charge on any atom is -0.462 e. The number of aliphatic hydroxyl groups is 7. The Hall–Kier alpha value is -2.80. The molecule has 11 atom stereocenters. The number of unbranched alkanes of at least 4 members (excludes halogenated alkanes) is 11. The van der Waals surface area contributed by atoms with Crippen LogP contribution in [0.3, 0.4) is 0 Å². The minimum absolute atomic E-state index is 0.0678. The molecule has 2 aliphatic heterocycles. The molecule has 0 saturated carbocycles. The molecule has 2 aliphatic rings. The Balaban J connectivity index is 1.89. The van der Waals surface area contributed by atoms with E-state index in [0.29, 0.717) is 12.8 Å². The van der Waals surface area contributed by atoms with Gasteiger partial charge in [0.25, 0.3) is 0 Å². The number of allylic oxidation sites excluding steroid dienone is 9. The van der Waals surface area contributed by atoms with E-state index in [4.69, 9.17) is 28.4 Å². The van der Waals surface area contributed by atoms with Gasteiger partial charge in [-0.1, -0.05) is 145 Å². The molecule has 362 valence electrons. The molecule has 0 aromatic rings. The van der Waals surface area contributed by atoms with Crippen LogP contribution in [0.4, 0.5) is 0 Å². The third-order valence-electron chi connectivity index (χ3n) is 10.8. The lowest BCUT2D eigenvalue weighted by atomic mass is 9.98. The van der Waals surface area contributed by atoms with Gasteiger partial charge in [0.2, 0.25) is 0 Å². The Morgan fingerprint density at radius 3 is 1.51 bits per heavy atom.